The Balaban J connectivity index is 2.34. The fraction of sp³-hybridized carbons (Fsp3) is 0. The number of sulfonamides is 1. The van der Waals surface area contributed by atoms with Gasteiger partial charge in [0.1, 0.15) is 23.8 Å². The van der Waals surface area contributed by atoms with E-state index in [1.165, 1.54) is 18.3 Å². The van der Waals surface area contributed by atoms with Crippen LogP contribution in [0.5, 0.6) is 0 Å². The second kappa shape index (κ2) is 5.57. The molecule has 0 atom stereocenters. The van der Waals surface area contributed by atoms with E-state index in [1.54, 1.807) is 6.07 Å². The van der Waals surface area contributed by atoms with Crippen LogP contribution in [0.25, 0.3) is 0 Å². The van der Waals surface area contributed by atoms with Crippen LogP contribution in [0.1, 0.15) is 11.1 Å². The maximum atomic E-state index is 13.2. The molecule has 0 saturated heterocycles. The first kappa shape index (κ1) is 14.4. The number of hydrogen-bond acceptors (Lipinski definition) is 5. The summed E-state index contributed by atoms with van der Waals surface area (Å²) in [6.45, 7) is 0. The summed E-state index contributed by atoms with van der Waals surface area (Å²) in [5.41, 5.74) is -0.0860. The van der Waals surface area contributed by atoms with E-state index < -0.39 is 15.8 Å². The fourth-order valence-corrected chi connectivity index (χ4v) is 2.51. The molecule has 2 aromatic rings. The molecule has 6 nitrogen and oxygen atoms in total. The molecule has 8 heteroatoms. The molecular formula is C13H7FN4O2S. The third kappa shape index (κ3) is 3.14. The van der Waals surface area contributed by atoms with Crippen molar-refractivity contribution in [1.82, 2.24) is 4.98 Å². The van der Waals surface area contributed by atoms with Crippen molar-refractivity contribution in [3.8, 4) is 12.1 Å². The number of pyridine rings is 1. The van der Waals surface area contributed by atoms with Gasteiger partial charge in [-0.2, -0.15) is 10.5 Å². The molecule has 1 N–H and O–H groups in total. The van der Waals surface area contributed by atoms with Crippen LogP contribution in [0.15, 0.2) is 41.4 Å². The number of benzene rings is 1. The quantitative estimate of drug-likeness (QED) is 0.929. The molecule has 0 aliphatic rings. The monoisotopic (exact) mass is 302 g/mol. The van der Waals surface area contributed by atoms with Gasteiger partial charge in [-0.05, 0) is 30.3 Å². The van der Waals surface area contributed by atoms with E-state index in [4.69, 9.17) is 10.5 Å². The zero-order chi connectivity index (χ0) is 15.5. The summed E-state index contributed by atoms with van der Waals surface area (Å²) in [5.74, 6) is -0.787. The van der Waals surface area contributed by atoms with Gasteiger partial charge in [0, 0.05) is 6.20 Å². The Morgan fingerprint density at radius 1 is 1.14 bits per heavy atom. The zero-order valence-electron chi connectivity index (χ0n) is 10.4. The SMILES string of the molecule is N#Cc1ccc(NS(=O)(=O)c2ccc(F)c(C#N)c2)nc1. The molecule has 0 spiro atoms. The summed E-state index contributed by atoms with van der Waals surface area (Å²) in [6.07, 6.45) is 1.21. The molecule has 1 aromatic carbocycles. The second-order valence-electron chi connectivity index (χ2n) is 3.90. The average molecular weight is 302 g/mol. The van der Waals surface area contributed by atoms with Gasteiger partial charge in [-0.25, -0.2) is 17.8 Å². The van der Waals surface area contributed by atoms with Crippen molar-refractivity contribution in [2.45, 2.75) is 4.90 Å². The van der Waals surface area contributed by atoms with Gasteiger partial charge in [-0.3, -0.25) is 4.72 Å². The lowest BCUT2D eigenvalue weighted by atomic mass is 10.2. The first-order chi connectivity index (χ1) is 9.96. The Labute approximate surface area is 120 Å². The van der Waals surface area contributed by atoms with Gasteiger partial charge in [0.2, 0.25) is 0 Å². The Hall–Kier alpha value is -2.97. The third-order valence-electron chi connectivity index (χ3n) is 2.50. The topological polar surface area (TPSA) is 107 Å². The van der Waals surface area contributed by atoms with Crippen molar-refractivity contribution in [3.05, 3.63) is 53.5 Å². The standard InChI is InChI=1S/C13H7FN4O2S/c14-12-3-2-11(5-10(12)7-16)21(19,20)18-13-4-1-9(6-15)8-17-13/h1-5,8H,(H,17,18). The number of anilines is 1. The lowest BCUT2D eigenvalue weighted by Gasteiger charge is -2.07. The number of hydrogen-bond donors (Lipinski definition) is 1. The minimum Gasteiger partial charge on any atom is -0.263 e. The summed E-state index contributed by atoms with van der Waals surface area (Å²) in [5, 5.41) is 17.3. The molecule has 0 fully saturated rings. The van der Waals surface area contributed by atoms with Crippen LogP contribution in [0.4, 0.5) is 10.2 Å². The van der Waals surface area contributed by atoms with E-state index in [0.29, 0.717) is 0 Å². The van der Waals surface area contributed by atoms with Crippen molar-refractivity contribution in [1.29, 1.82) is 10.5 Å². The molecule has 0 aliphatic heterocycles. The molecule has 0 saturated carbocycles. The summed E-state index contributed by atoms with van der Waals surface area (Å²) < 4.78 is 39.5. The van der Waals surface area contributed by atoms with Crippen LogP contribution in [0.3, 0.4) is 0 Å². The number of nitrogens with one attached hydrogen (secondary N) is 1. The highest BCUT2D eigenvalue weighted by Gasteiger charge is 2.17. The van der Waals surface area contributed by atoms with Gasteiger partial charge >= 0.3 is 0 Å². The largest absolute Gasteiger partial charge is 0.263 e. The van der Waals surface area contributed by atoms with E-state index in [9.17, 15) is 12.8 Å². The maximum absolute atomic E-state index is 13.2. The Morgan fingerprint density at radius 3 is 2.48 bits per heavy atom. The first-order valence-electron chi connectivity index (χ1n) is 5.55. The van der Waals surface area contributed by atoms with Crippen LogP contribution < -0.4 is 4.72 Å². The van der Waals surface area contributed by atoms with Crippen LogP contribution in [0.2, 0.25) is 0 Å². The van der Waals surface area contributed by atoms with Crippen molar-refractivity contribution >= 4 is 15.8 Å². The molecule has 0 bridgehead atoms. The Morgan fingerprint density at radius 2 is 1.90 bits per heavy atom. The van der Waals surface area contributed by atoms with Crippen molar-refractivity contribution in [2.24, 2.45) is 0 Å². The van der Waals surface area contributed by atoms with Gasteiger partial charge < -0.3 is 0 Å². The summed E-state index contributed by atoms with van der Waals surface area (Å²) in [6, 6.07) is 9.02. The molecular weight excluding hydrogens is 295 g/mol. The predicted molar refractivity (Wildman–Crippen MR) is 70.9 cm³/mol. The van der Waals surface area contributed by atoms with Crippen LogP contribution in [0, 0.1) is 28.5 Å². The lowest BCUT2D eigenvalue weighted by molar-refractivity contribution is 0.599. The number of nitrogens with zero attached hydrogens (tertiary/aromatic N) is 3. The molecule has 1 heterocycles. The summed E-state index contributed by atoms with van der Waals surface area (Å²) >= 11 is 0. The number of rotatable bonds is 3. The first-order valence-corrected chi connectivity index (χ1v) is 7.03. The third-order valence-corrected chi connectivity index (χ3v) is 3.85. The molecule has 2 rings (SSSR count). The molecule has 0 amide bonds. The van der Waals surface area contributed by atoms with E-state index in [1.807, 2.05) is 6.07 Å². The highest BCUT2D eigenvalue weighted by molar-refractivity contribution is 7.92. The molecule has 0 aliphatic carbocycles. The van der Waals surface area contributed by atoms with Crippen LogP contribution >= 0.6 is 0 Å². The average Bonchev–Trinajstić information content (AvgIpc) is 2.48. The van der Waals surface area contributed by atoms with Gasteiger partial charge in [0.15, 0.2) is 0 Å². The normalized spacial score (nSPS) is 10.4. The number of aromatic nitrogens is 1. The van der Waals surface area contributed by atoms with E-state index in [2.05, 4.69) is 9.71 Å². The maximum Gasteiger partial charge on any atom is 0.263 e. The second-order valence-corrected chi connectivity index (χ2v) is 5.59. The van der Waals surface area contributed by atoms with E-state index in [0.717, 1.165) is 18.2 Å². The minimum absolute atomic E-state index is 0.0110. The van der Waals surface area contributed by atoms with Gasteiger partial charge in [0.25, 0.3) is 10.0 Å². The van der Waals surface area contributed by atoms with Crippen LogP contribution in [-0.4, -0.2) is 13.4 Å². The smallest absolute Gasteiger partial charge is 0.263 e. The van der Waals surface area contributed by atoms with Crippen molar-refractivity contribution in [2.75, 3.05) is 4.72 Å². The molecule has 21 heavy (non-hydrogen) atoms. The highest BCUT2D eigenvalue weighted by atomic mass is 32.2. The minimum atomic E-state index is -4.00. The number of nitriles is 2. The number of halogens is 1. The van der Waals surface area contributed by atoms with Gasteiger partial charge in [0.05, 0.1) is 16.0 Å². The van der Waals surface area contributed by atoms with E-state index >= 15 is 0 Å². The summed E-state index contributed by atoms with van der Waals surface area (Å²) in [7, 11) is -4.00. The van der Waals surface area contributed by atoms with Gasteiger partial charge in [-0.1, -0.05) is 0 Å². The van der Waals surface area contributed by atoms with Crippen LogP contribution in [-0.2, 0) is 10.0 Å². The molecule has 1 aromatic heterocycles. The zero-order valence-corrected chi connectivity index (χ0v) is 11.2. The highest BCUT2D eigenvalue weighted by Crippen LogP contribution is 2.17. The Bertz CT molecular complexity index is 865. The van der Waals surface area contributed by atoms with Crippen molar-refractivity contribution < 1.29 is 12.8 Å². The molecule has 104 valence electrons. The Kier molecular flexibility index (Phi) is 3.83. The van der Waals surface area contributed by atoms with Gasteiger partial charge in [-0.15, -0.1) is 0 Å². The predicted octanol–water partition coefficient (Wildman–Crippen LogP) is 1.76. The van der Waals surface area contributed by atoms with E-state index in [-0.39, 0.29) is 21.8 Å². The van der Waals surface area contributed by atoms with Crippen molar-refractivity contribution in [3.63, 3.8) is 0 Å². The molecule has 0 unspecified atom stereocenters. The molecule has 0 radical (unpaired) electrons. The lowest BCUT2D eigenvalue weighted by Crippen LogP contribution is -2.14. The fourth-order valence-electron chi connectivity index (χ4n) is 1.47. The summed E-state index contributed by atoms with van der Waals surface area (Å²) in [4.78, 5) is 3.51.